The van der Waals surface area contributed by atoms with Crippen molar-refractivity contribution in [2.75, 3.05) is 13.1 Å². The van der Waals surface area contributed by atoms with Crippen molar-refractivity contribution in [3.05, 3.63) is 18.2 Å². The molecule has 2 N–H and O–H groups in total. The van der Waals surface area contributed by atoms with Crippen molar-refractivity contribution in [3.8, 4) is 0 Å². The number of nitrogens with one attached hydrogen (secondary N) is 2. The van der Waals surface area contributed by atoms with E-state index in [2.05, 4.69) is 59.8 Å². The van der Waals surface area contributed by atoms with Crippen LogP contribution in [0.15, 0.2) is 17.4 Å². The SMILES string of the molecule is CCNC(=NCc1nccn1CC(C)C)NCC(CC)CC. The third-order valence-corrected chi connectivity index (χ3v) is 3.80. The first-order valence-corrected chi connectivity index (χ1v) is 8.62. The number of guanidine groups is 1. The molecule has 1 aromatic rings. The van der Waals surface area contributed by atoms with Crippen molar-refractivity contribution in [3.63, 3.8) is 0 Å². The Morgan fingerprint density at radius 2 is 1.95 bits per heavy atom. The first-order chi connectivity index (χ1) is 10.6. The number of nitrogens with zero attached hydrogens (tertiary/aromatic N) is 3. The Balaban J connectivity index is 2.63. The zero-order chi connectivity index (χ0) is 16.4. The molecule has 0 saturated heterocycles. The predicted octanol–water partition coefficient (Wildman–Crippen LogP) is 3.03. The fourth-order valence-electron chi connectivity index (χ4n) is 2.36. The normalized spacial score (nSPS) is 12.2. The van der Waals surface area contributed by atoms with Crippen molar-refractivity contribution in [1.82, 2.24) is 20.2 Å². The van der Waals surface area contributed by atoms with Gasteiger partial charge >= 0.3 is 0 Å². The molecule has 1 rings (SSSR count). The third kappa shape index (κ3) is 6.50. The van der Waals surface area contributed by atoms with Gasteiger partial charge in [-0.25, -0.2) is 9.98 Å². The second-order valence-electron chi connectivity index (χ2n) is 6.15. The van der Waals surface area contributed by atoms with E-state index in [9.17, 15) is 0 Å². The van der Waals surface area contributed by atoms with Crippen LogP contribution in [0.3, 0.4) is 0 Å². The molecule has 0 spiro atoms. The Labute approximate surface area is 135 Å². The summed E-state index contributed by atoms with van der Waals surface area (Å²) < 4.78 is 2.19. The third-order valence-electron chi connectivity index (χ3n) is 3.80. The summed E-state index contributed by atoms with van der Waals surface area (Å²) >= 11 is 0. The minimum absolute atomic E-state index is 0.609. The Morgan fingerprint density at radius 1 is 1.23 bits per heavy atom. The lowest BCUT2D eigenvalue weighted by Gasteiger charge is -2.16. The molecule has 5 nitrogen and oxygen atoms in total. The van der Waals surface area contributed by atoms with Gasteiger partial charge in [-0.2, -0.15) is 0 Å². The van der Waals surface area contributed by atoms with E-state index < -0.39 is 0 Å². The van der Waals surface area contributed by atoms with Gasteiger partial charge in [-0.1, -0.05) is 40.5 Å². The molecule has 0 fully saturated rings. The first-order valence-electron chi connectivity index (χ1n) is 8.62. The number of imidazole rings is 1. The Bertz CT molecular complexity index is 432. The summed E-state index contributed by atoms with van der Waals surface area (Å²) in [7, 11) is 0. The van der Waals surface area contributed by atoms with Gasteiger partial charge in [0.2, 0.25) is 0 Å². The smallest absolute Gasteiger partial charge is 0.191 e. The number of aliphatic imine (C=N–C) groups is 1. The van der Waals surface area contributed by atoms with Crippen molar-refractivity contribution in [2.45, 2.75) is 60.5 Å². The molecule has 0 atom stereocenters. The van der Waals surface area contributed by atoms with E-state index in [0.29, 0.717) is 18.4 Å². The van der Waals surface area contributed by atoms with Crippen LogP contribution in [-0.2, 0) is 13.1 Å². The Morgan fingerprint density at radius 3 is 2.55 bits per heavy atom. The van der Waals surface area contributed by atoms with Crippen LogP contribution in [0.2, 0.25) is 0 Å². The average molecular weight is 307 g/mol. The fraction of sp³-hybridized carbons (Fsp3) is 0.765. The molecule has 0 aromatic carbocycles. The van der Waals surface area contributed by atoms with E-state index in [-0.39, 0.29) is 0 Å². The van der Waals surface area contributed by atoms with E-state index >= 15 is 0 Å². The van der Waals surface area contributed by atoms with E-state index in [1.807, 2.05) is 12.4 Å². The molecule has 0 aliphatic rings. The lowest BCUT2D eigenvalue weighted by molar-refractivity contribution is 0.481. The number of rotatable bonds is 9. The van der Waals surface area contributed by atoms with Crippen LogP contribution in [0.1, 0.15) is 53.3 Å². The van der Waals surface area contributed by atoms with E-state index in [1.165, 1.54) is 12.8 Å². The molecule has 0 aliphatic heterocycles. The maximum Gasteiger partial charge on any atom is 0.191 e. The van der Waals surface area contributed by atoms with Gasteiger partial charge in [-0.05, 0) is 18.8 Å². The van der Waals surface area contributed by atoms with E-state index in [1.54, 1.807) is 0 Å². The lowest BCUT2D eigenvalue weighted by Crippen LogP contribution is -2.39. The Hall–Kier alpha value is -1.52. The largest absolute Gasteiger partial charge is 0.357 e. The summed E-state index contributed by atoms with van der Waals surface area (Å²) in [6, 6.07) is 0. The van der Waals surface area contributed by atoms with Crippen molar-refractivity contribution < 1.29 is 0 Å². The highest BCUT2D eigenvalue weighted by Crippen LogP contribution is 2.06. The van der Waals surface area contributed by atoms with Crippen LogP contribution in [0.25, 0.3) is 0 Å². The molecule has 126 valence electrons. The van der Waals surface area contributed by atoms with Crippen LogP contribution in [0, 0.1) is 11.8 Å². The van der Waals surface area contributed by atoms with Crippen LogP contribution in [-0.4, -0.2) is 28.6 Å². The van der Waals surface area contributed by atoms with Gasteiger partial charge in [0.15, 0.2) is 5.96 Å². The van der Waals surface area contributed by atoms with Crippen molar-refractivity contribution in [1.29, 1.82) is 0 Å². The number of aromatic nitrogens is 2. The first kappa shape index (κ1) is 18.5. The minimum Gasteiger partial charge on any atom is -0.357 e. The summed E-state index contributed by atoms with van der Waals surface area (Å²) in [4.78, 5) is 9.10. The Kier molecular flexibility index (Phi) is 8.63. The van der Waals surface area contributed by atoms with Gasteiger partial charge in [0.1, 0.15) is 12.4 Å². The number of hydrogen-bond donors (Lipinski definition) is 2. The van der Waals surface area contributed by atoms with Gasteiger partial charge in [-0.15, -0.1) is 0 Å². The second-order valence-corrected chi connectivity index (χ2v) is 6.15. The van der Waals surface area contributed by atoms with E-state index in [0.717, 1.165) is 31.4 Å². The highest BCUT2D eigenvalue weighted by Gasteiger charge is 2.07. The maximum atomic E-state index is 4.68. The van der Waals surface area contributed by atoms with Gasteiger partial charge in [0.05, 0.1) is 0 Å². The highest BCUT2D eigenvalue weighted by molar-refractivity contribution is 5.79. The summed E-state index contributed by atoms with van der Waals surface area (Å²) in [5, 5.41) is 6.76. The molecule has 1 aromatic heterocycles. The quantitative estimate of drug-likeness (QED) is 0.544. The molecule has 0 saturated carbocycles. The second kappa shape index (κ2) is 10.2. The average Bonchev–Trinajstić information content (AvgIpc) is 2.92. The summed E-state index contributed by atoms with van der Waals surface area (Å²) in [6.07, 6.45) is 6.29. The molecule has 0 bridgehead atoms. The standard InChI is InChI=1S/C17H33N5/c1-6-15(7-2)11-20-17(18-8-3)21-12-16-19-9-10-22(16)13-14(4)5/h9-10,14-15H,6-8,11-13H2,1-5H3,(H2,18,20,21). The molecular weight excluding hydrogens is 274 g/mol. The zero-order valence-corrected chi connectivity index (χ0v) is 14.9. The van der Waals surface area contributed by atoms with Crippen LogP contribution >= 0.6 is 0 Å². The monoisotopic (exact) mass is 307 g/mol. The predicted molar refractivity (Wildman–Crippen MR) is 94.0 cm³/mol. The van der Waals surface area contributed by atoms with Gasteiger partial charge in [0, 0.05) is 32.0 Å². The van der Waals surface area contributed by atoms with Gasteiger partial charge in [0.25, 0.3) is 0 Å². The van der Waals surface area contributed by atoms with Gasteiger partial charge < -0.3 is 15.2 Å². The van der Waals surface area contributed by atoms with Crippen LogP contribution < -0.4 is 10.6 Å². The van der Waals surface area contributed by atoms with Crippen molar-refractivity contribution >= 4 is 5.96 Å². The molecule has 0 aliphatic carbocycles. The molecule has 0 amide bonds. The highest BCUT2D eigenvalue weighted by atomic mass is 15.2. The molecule has 0 radical (unpaired) electrons. The maximum absolute atomic E-state index is 4.68. The molecule has 22 heavy (non-hydrogen) atoms. The van der Waals surface area contributed by atoms with Gasteiger partial charge in [-0.3, -0.25) is 0 Å². The molecular formula is C17H33N5. The zero-order valence-electron chi connectivity index (χ0n) is 14.9. The topological polar surface area (TPSA) is 54.2 Å². The minimum atomic E-state index is 0.609. The van der Waals surface area contributed by atoms with E-state index in [4.69, 9.17) is 0 Å². The molecule has 1 heterocycles. The lowest BCUT2D eigenvalue weighted by atomic mass is 10.0. The number of hydrogen-bond acceptors (Lipinski definition) is 2. The molecule has 5 heteroatoms. The van der Waals surface area contributed by atoms with Crippen molar-refractivity contribution in [2.24, 2.45) is 16.8 Å². The summed E-state index contributed by atoms with van der Waals surface area (Å²) in [5.41, 5.74) is 0. The fourth-order valence-corrected chi connectivity index (χ4v) is 2.36. The van der Waals surface area contributed by atoms with Crippen LogP contribution in [0.5, 0.6) is 0 Å². The molecule has 0 unspecified atom stereocenters. The summed E-state index contributed by atoms with van der Waals surface area (Å²) in [5.74, 6) is 3.21. The van der Waals surface area contributed by atoms with Crippen LogP contribution in [0.4, 0.5) is 0 Å². The summed E-state index contributed by atoms with van der Waals surface area (Å²) in [6.45, 7) is 14.4.